The van der Waals surface area contributed by atoms with Crippen molar-refractivity contribution in [1.29, 1.82) is 0 Å². The highest BCUT2D eigenvalue weighted by Crippen LogP contribution is 2.30. The molecule has 7 nitrogen and oxygen atoms in total. The maximum atomic E-state index is 12.4. The molecule has 0 spiro atoms. The molecule has 1 aliphatic carbocycles. The molecule has 3 rings (SSSR count). The molecule has 2 heterocycles. The Morgan fingerprint density at radius 1 is 1.48 bits per heavy atom. The van der Waals surface area contributed by atoms with Crippen molar-refractivity contribution in [3.05, 3.63) is 23.8 Å². The predicted octanol–water partition coefficient (Wildman–Crippen LogP) is 0.810. The zero-order chi connectivity index (χ0) is 15.0. The van der Waals surface area contributed by atoms with E-state index in [1.165, 1.54) is 4.90 Å². The lowest BCUT2D eigenvalue weighted by Gasteiger charge is -2.27. The third kappa shape index (κ3) is 2.61. The number of aryl methyl sites for hydroxylation is 1. The maximum Gasteiger partial charge on any atom is 0.293 e. The first-order valence-corrected chi connectivity index (χ1v) is 7.15. The first-order chi connectivity index (χ1) is 9.98. The van der Waals surface area contributed by atoms with Crippen LogP contribution in [0, 0.1) is 6.92 Å². The van der Waals surface area contributed by atoms with Gasteiger partial charge < -0.3 is 10.0 Å². The molecule has 1 saturated carbocycles. The predicted molar refractivity (Wildman–Crippen MR) is 75.9 cm³/mol. The van der Waals surface area contributed by atoms with Crippen LogP contribution in [-0.4, -0.2) is 54.7 Å². The Labute approximate surface area is 122 Å². The summed E-state index contributed by atoms with van der Waals surface area (Å²) in [6.07, 6.45) is 5.13. The van der Waals surface area contributed by atoms with Crippen molar-refractivity contribution in [3.8, 4) is 0 Å². The normalized spacial score (nSPS) is 17.3. The Morgan fingerprint density at radius 3 is 2.86 bits per heavy atom. The number of rotatable bonds is 3. The van der Waals surface area contributed by atoms with E-state index in [4.69, 9.17) is 0 Å². The lowest BCUT2D eigenvalue weighted by molar-refractivity contribution is 0.0153. The van der Waals surface area contributed by atoms with Gasteiger partial charge in [0.1, 0.15) is 0 Å². The second-order valence-corrected chi connectivity index (χ2v) is 5.83. The second kappa shape index (κ2) is 5.07. The van der Waals surface area contributed by atoms with E-state index >= 15 is 0 Å². The van der Waals surface area contributed by atoms with Gasteiger partial charge >= 0.3 is 0 Å². The molecule has 0 unspecified atom stereocenters. The molecular weight excluding hydrogens is 270 g/mol. The van der Waals surface area contributed by atoms with Gasteiger partial charge in [-0.2, -0.15) is 4.98 Å². The van der Waals surface area contributed by atoms with Gasteiger partial charge in [-0.1, -0.05) is 12.8 Å². The van der Waals surface area contributed by atoms with Gasteiger partial charge in [0.2, 0.25) is 5.82 Å². The van der Waals surface area contributed by atoms with Gasteiger partial charge in [-0.15, -0.1) is 5.10 Å². The van der Waals surface area contributed by atoms with Crippen LogP contribution >= 0.6 is 0 Å². The Balaban J connectivity index is 1.81. The van der Waals surface area contributed by atoms with E-state index in [2.05, 4.69) is 15.1 Å². The average molecular weight is 289 g/mol. The summed E-state index contributed by atoms with van der Waals surface area (Å²) < 4.78 is 1.55. The summed E-state index contributed by atoms with van der Waals surface area (Å²) in [5.41, 5.74) is 0.0983. The largest absolute Gasteiger partial charge is 0.388 e. The Bertz CT molecular complexity index is 675. The summed E-state index contributed by atoms with van der Waals surface area (Å²) >= 11 is 0. The highest BCUT2D eigenvalue weighted by molar-refractivity contribution is 5.90. The number of aliphatic hydroxyl groups is 1. The van der Waals surface area contributed by atoms with Crippen LogP contribution < -0.4 is 0 Å². The van der Waals surface area contributed by atoms with Crippen molar-refractivity contribution >= 4 is 11.7 Å². The molecule has 112 valence electrons. The van der Waals surface area contributed by atoms with Crippen LogP contribution in [-0.2, 0) is 0 Å². The first kappa shape index (κ1) is 13.9. The van der Waals surface area contributed by atoms with E-state index in [0.29, 0.717) is 12.3 Å². The second-order valence-electron chi connectivity index (χ2n) is 5.83. The molecule has 2 aromatic heterocycles. The number of carbonyl (C=O) groups is 1. The lowest BCUT2D eigenvalue weighted by Crippen LogP contribution is -2.42. The van der Waals surface area contributed by atoms with Crippen molar-refractivity contribution in [2.24, 2.45) is 0 Å². The van der Waals surface area contributed by atoms with E-state index < -0.39 is 5.60 Å². The van der Waals surface area contributed by atoms with E-state index in [-0.39, 0.29) is 11.7 Å². The summed E-state index contributed by atoms with van der Waals surface area (Å²) in [5.74, 6) is 0.229. The highest BCUT2D eigenvalue weighted by Gasteiger charge is 2.34. The molecule has 7 heteroatoms. The summed E-state index contributed by atoms with van der Waals surface area (Å²) in [4.78, 5) is 22.2. The number of hydrogen-bond donors (Lipinski definition) is 1. The van der Waals surface area contributed by atoms with Gasteiger partial charge in [0.05, 0.1) is 5.60 Å². The number of likely N-dealkylation sites (N-methyl/N-ethyl adjacent to an activating group) is 1. The van der Waals surface area contributed by atoms with Crippen molar-refractivity contribution in [2.75, 3.05) is 13.6 Å². The van der Waals surface area contributed by atoms with E-state index in [0.717, 1.165) is 31.4 Å². The topological polar surface area (TPSA) is 83.6 Å². The summed E-state index contributed by atoms with van der Waals surface area (Å²) in [6, 6.07) is 1.81. The highest BCUT2D eigenvalue weighted by atomic mass is 16.3. The molecule has 0 saturated heterocycles. The van der Waals surface area contributed by atoms with Crippen LogP contribution in [0.5, 0.6) is 0 Å². The monoisotopic (exact) mass is 289 g/mol. The average Bonchev–Trinajstić information content (AvgIpc) is 3.05. The number of fused-ring (bicyclic) bond motifs is 1. The van der Waals surface area contributed by atoms with Crippen molar-refractivity contribution in [1.82, 2.24) is 24.5 Å². The van der Waals surface area contributed by atoms with Crippen molar-refractivity contribution in [3.63, 3.8) is 0 Å². The van der Waals surface area contributed by atoms with Crippen LogP contribution in [0.4, 0.5) is 0 Å². The van der Waals surface area contributed by atoms with E-state index in [9.17, 15) is 9.90 Å². The third-order valence-electron chi connectivity index (χ3n) is 4.03. The van der Waals surface area contributed by atoms with Crippen LogP contribution in [0.1, 0.15) is 42.0 Å². The molecular formula is C14H19N5O2. The van der Waals surface area contributed by atoms with Gasteiger partial charge in [-0.25, -0.2) is 9.50 Å². The van der Waals surface area contributed by atoms with Crippen molar-refractivity contribution in [2.45, 2.75) is 38.2 Å². The van der Waals surface area contributed by atoms with Gasteiger partial charge in [0.25, 0.3) is 11.7 Å². The van der Waals surface area contributed by atoms with Crippen LogP contribution in [0.25, 0.3) is 5.78 Å². The lowest BCUT2D eigenvalue weighted by atomic mass is 10.0. The SMILES string of the molecule is Cc1ccnc2nc(C(=O)N(C)CC3(O)CCCC3)nn12. The number of hydrogen-bond acceptors (Lipinski definition) is 5. The third-order valence-corrected chi connectivity index (χ3v) is 4.03. The summed E-state index contributed by atoms with van der Waals surface area (Å²) in [6.45, 7) is 2.19. The summed E-state index contributed by atoms with van der Waals surface area (Å²) in [7, 11) is 1.67. The Morgan fingerprint density at radius 2 is 2.19 bits per heavy atom. The molecule has 0 aliphatic heterocycles. The number of carbonyl (C=O) groups excluding carboxylic acids is 1. The molecule has 2 aromatic rings. The van der Waals surface area contributed by atoms with Gasteiger partial charge in [-0.3, -0.25) is 4.79 Å². The van der Waals surface area contributed by atoms with Gasteiger partial charge in [0.15, 0.2) is 0 Å². The van der Waals surface area contributed by atoms with E-state index in [1.807, 2.05) is 6.92 Å². The zero-order valence-electron chi connectivity index (χ0n) is 12.3. The molecule has 1 amide bonds. The summed E-state index contributed by atoms with van der Waals surface area (Å²) in [5, 5.41) is 14.6. The molecule has 21 heavy (non-hydrogen) atoms. The molecule has 1 fully saturated rings. The molecule has 0 radical (unpaired) electrons. The van der Waals surface area contributed by atoms with Gasteiger partial charge in [-0.05, 0) is 25.8 Å². The Hall–Kier alpha value is -2.02. The fraction of sp³-hybridized carbons (Fsp3) is 0.571. The fourth-order valence-corrected chi connectivity index (χ4v) is 2.87. The molecule has 0 atom stereocenters. The molecule has 1 aliphatic rings. The van der Waals surface area contributed by atoms with Crippen LogP contribution in [0.2, 0.25) is 0 Å². The van der Waals surface area contributed by atoms with Gasteiger partial charge in [0, 0.05) is 25.5 Å². The minimum Gasteiger partial charge on any atom is -0.388 e. The zero-order valence-corrected chi connectivity index (χ0v) is 12.3. The smallest absolute Gasteiger partial charge is 0.293 e. The van der Waals surface area contributed by atoms with Crippen LogP contribution in [0.3, 0.4) is 0 Å². The molecule has 0 bridgehead atoms. The first-order valence-electron chi connectivity index (χ1n) is 7.15. The fourth-order valence-electron chi connectivity index (χ4n) is 2.87. The minimum atomic E-state index is -0.766. The standard InChI is InChI=1S/C14H19N5O2/c1-10-5-8-15-13-16-11(17-19(10)13)12(20)18(2)9-14(21)6-3-4-7-14/h5,8,21H,3-4,6-7,9H2,1-2H3. The molecule has 1 N–H and O–H groups in total. The van der Waals surface area contributed by atoms with E-state index in [1.54, 1.807) is 23.8 Å². The van der Waals surface area contributed by atoms with Crippen LogP contribution in [0.15, 0.2) is 12.3 Å². The maximum absolute atomic E-state index is 12.4. The number of amides is 1. The number of aromatic nitrogens is 4. The molecule has 0 aromatic carbocycles. The van der Waals surface area contributed by atoms with Crippen molar-refractivity contribution < 1.29 is 9.90 Å². The Kier molecular flexibility index (Phi) is 3.36. The minimum absolute atomic E-state index is 0.112. The number of nitrogens with zero attached hydrogens (tertiary/aromatic N) is 5. The quantitative estimate of drug-likeness (QED) is 0.904.